The first-order valence-corrected chi connectivity index (χ1v) is 10.1. The molecule has 0 saturated heterocycles. The van der Waals surface area contributed by atoms with E-state index >= 15 is 0 Å². The molecule has 1 aliphatic carbocycles. The average molecular weight is 353 g/mol. The Balaban J connectivity index is 1.75. The molecule has 1 aliphatic rings. The monoisotopic (exact) mass is 353 g/mol. The SMILES string of the molecule is CCNC(=NCc1ccccn1)NCCS(=O)(=O)NCC1CCC1. The lowest BCUT2D eigenvalue weighted by molar-refractivity contribution is 0.316. The molecule has 0 atom stereocenters. The van der Waals surface area contributed by atoms with E-state index in [9.17, 15) is 8.42 Å². The molecule has 7 nitrogen and oxygen atoms in total. The van der Waals surface area contributed by atoms with Gasteiger partial charge in [0.2, 0.25) is 10.0 Å². The van der Waals surface area contributed by atoms with Crippen molar-refractivity contribution in [1.29, 1.82) is 0 Å². The van der Waals surface area contributed by atoms with E-state index in [0.29, 0.717) is 38.1 Å². The van der Waals surface area contributed by atoms with E-state index in [1.54, 1.807) is 6.20 Å². The van der Waals surface area contributed by atoms with E-state index in [2.05, 4.69) is 25.3 Å². The zero-order valence-corrected chi connectivity index (χ0v) is 15.0. The third-order valence-electron chi connectivity index (χ3n) is 3.95. The highest BCUT2D eigenvalue weighted by Crippen LogP contribution is 2.25. The first-order chi connectivity index (χ1) is 11.6. The minimum Gasteiger partial charge on any atom is -0.357 e. The van der Waals surface area contributed by atoms with E-state index in [4.69, 9.17) is 0 Å². The molecule has 1 aromatic heterocycles. The third kappa shape index (κ3) is 6.84. The number of sulfonamides is 1. The van der Waals surface area contributed by atoms with Gasteiger partial charge in [-0.15, -0.1) is 0 Å². The van der Waals surface area contributed by atoms with Crippen molar-refractivity contribution in [3.8, 4) is 0 Å². The number of hydrogen-bond acceptors (Lipinski definition) is 4. The van der Waals surface area contributed by atoms with Crippen LogP contribution in [-0.4, -0.2) is 44.7 Å². The molecule has 1 aromatic rings. The van der Waals surface area contributed by atoms with Gasteiger partial charge >= 0.3 is 0 Å². The maximum atomic E-state index is 12.0. The van der Waals surface area contributed by atoms with Crippen LogP contribution in [0.3, 0.4) is 0 Å². The van der Waals surface area contributed by atoms with Crippen molar-refractivity contribution in [2.45, 2.75) is 32.7 Å². The number of nitrogens with one attached hydrogen (secondary N) is 3. The van der Waals surface area contributed by atoms with Crippen LogP contribution in [0.4, 0.5) is 0 Å². The van der Waals surface area contributed by atoms with Crippen LogP contribution in [0.1, 0.15) is 31.9 Å². The lowest BCUT2D eigenvalue weighted by Gasteiger charge is -2.25. The Hall–Kier alpha value is -1.67. The lowest BCUT2D eigenvalue weighted by Crippen LogP contribution is -2.42. The Kier molecular flexibility index (Phi) is 7.45. The number of pyridine rings is 1. The van der Waals surface area contributed by atoms with Crippen LogP contribution in [0.2, 0.25) is 0 Å². The molecule has 1 fully saturated rings. The quantitative estimate of drug-likeness (QED) is 0.452. The van der Waals surface area contributed by atoms with Gasteiger partial charge < -0.3 is 10.6 Å². The minimum atomic E-state index is -3.24. The summed E-state index contributed by atoms with van der Waals surface area (Å²) >= 11 is 0. The van der Waals surface area contributed by atoms with E-state index < -0.39 is 10.0 Å². The molecule has 0 bridgehead atoms. The van der Waals surface area contributed by atoms with Gasteiger partial charge in [0.25, 0.3) is 0 Å². The summed E-state index contributed by atoms with van der Waals surface area (Å²) in [5, 5.41) is 6.16. The highest BCUT2D eigenvalue weighted by Gasteiger charge is 2.19. The van der Waals surface area contributed by atoms with Crippen LogP contribution in [0, 0.1) is 5.92 Å². The van der Waals surface area contributed by atoms with Gasteiger partial charge in [-0.1, -0.05) is 12.5 Å². The van der Waals surface area contributed by atoms with Gasteiger partial charge in [-0.3, -0.25) is 4.98 Å². The van der Waals surface area contributed by atoms with E-state index in [0.717, 1.165) is 18.5 Å². The first-order valence-electron chi connectivity index (χ1n) is 8.48. The van der Waals surface area contributed by atoms with Gasteiger partial charge in [0, 0.05) is 25.8 Å². The third-order valence-corrected chi connectivity index (χ3v) is 5.30. The smallest absolute Gasteiger partial charge is 0.213 e. The van der Waals surface area contributed by atoms with Crippen LogP contribution >= 0.6 is 0 Å². The normalized spacial score (nSPS) is 15.8. The number of aromatic nitrogens is 1. The summed E-state index contributed by atoms with van der Waals surface area (Å²) in [7, 11) is -3.24. The van der Waals surface area contributed by atoms with Gasteiger partial charge in [-0.2, -0.15) is 0 Å². The molecule has 1 saturated carbocycles. The zero-order valence-electron chi connectivity index (χ0n) is 14.2. The molecular formula is C16H27N5O2S. The standard InChI is InChI=1S/C16H27N5O2S/c1-2-17-16(20-13-15-8-3-4-9-18-15)19-10-11-24(22,23)21-12-14-6-5-7-14/h3-4,8-9,14,21H,2,5-7,10-13H2,1H3,(H2,17,19,20). The molecule has 3 N–H and O–H groups in total. The second-order valence-corrected chi connectivity index (χ2v) is 7.83. The first kappa shape index (κ1) is 18.7. The average Bonchev–Trinajstić information content (AvgIpc) is 2.52. The minimum absolute atomic E-state index is 0.0354. The molecular weight excluding hydrogens is 326 g/mol. The number of rotatable bonds is 9. The summed E-state index contributed by atoms with van der Waals surface area (Å²) in [5.74, 6) is 1.15. The topological polar surface area (TPSA) is 95.5 Å². The molecule has 134 valence electrons. The Morgan fingerprint density at radius 3 is 2.79 bits per heavy atom. The summed E-state index contributed by atoms with van der Waals surface area (Å²) in [6.45, 7) is 4.00. The largest absolute Gasteiger partial charge is 0.357 e. The Morgan fingerprint density at radius 2 is 2.17 bits per heavy atom. The Morgan fingerprint density at radius 1 is 1.33 bits per heavy atom. The van der Waals surface area contributed by atoms with Crippen LogP contribution in [0.25, 0.3) is 0 Å². The maximum Gasteiger partial charge on any atom is 0.213 e. The van der Waals surface area contributed by atoms with Crippen molar-refractivity contribution in [3.05, 3.63) is 30.1 Å². The molecule has 1 heterocycles. The van der Waals surface area contributed by atoms with Gasteiger partial charge in [-0.05, 0) is 37.8 Å². The molecule has 0 unspecified atom stereocenters. The Bertz CT molecular complexity index is 615. The van der Waals surface area contributed by atoms with Gasteiger partial charge in [-0.25, -0.2) is 18.1 Å². The van der Waals surface area contributed by atoms with Gasteiger partial charge in [0.1, 0.15) is 0 Å². The van der Waals surface area contributed by atoms with Crippen molar-refractivity contribution in [3.63, 3.8) is 0 Å². The summed E-state index contributed by atoms with van der Waals surface area (Å²) in [6.07, 6.45) is 5.20. The van der Waals surface area contributed by atoms with Crippen LogP contribution in [0.5, 0.6) is 0 Å². The highest BCUT2D eigenvalue weighted by atomic mass is 32.2. The number of guanidine groups is 1. The molecule has 0 aromatic carbocycles. The fourth-order valence-corrected chi connectivity index (χ4v) is 3.32. The fourth-order valence-electron chi connectivity index (χ4n) is 2.31. The molecule has 0 radical (unpaired) electrons. The molecule has 24 heavy (non-hydrogen) atoms. The van der Waals surface area contributed by atoms with Gasteiger partial charge in [0.05, 0.1) is 18.0 Å². The van der Waals surface area contributed by atoms with Crippen molar-refractivity contribution in [2.24, 2.45) is 10.9 Å². The van der Waals surface area contributed by atoms with Crippen LogP contribution < -0.4 is 15.4 Å². The predicted molar refractivity (Wildman–Crippen MR) is 96.2 cm³/mol. The molecule has 0 spiro atoms. The van der Waals surface area contributed by atoms with Crippen molar-refractivity contribution < 1.29 is 8.42 Å². The lowest BCUT2D eigenvalue weighted by atomic mass is 9.86. The highest BCUT2D eigenvalue weighted by molar-refractivity contribution is 7.89. The van der Waals surface area contributed by atoms with Crippen LogP contribution in [-0.2, 0) is 16.6 Å². The van der Waals surface area contributed by atoms with E-state index in [-0.39, 0.29) is 5.75 Å². The second-order valence-electron chi connectivity index (χ2n) is 5.91. The number of aliphatic imine (C=N–C) groups is 1. The van der Waals surface area contributed by atoms with Gasteiger partial charge in [0.15, 0.2) is 5.96 Å². The summed E-state index contributed by atoms with van der Waals surface area (Å²) < 4.78 is 26.6. The van der Waals surface area contributed by atoms with Crippen molar-refractivity contribution in [2.75, 3.05) is 25.4 Å². The molecule has 0 amide bonds. The number of nitrogens with zero attached hydrogens (tertiary/aromatic N) is 2. The van der Waals surface area contributed by atoms with E-state index in [1.165, 1.54) is 6.42 Å². The molecule has 2 rings (SSSR count). The molecule has 8 heteroatoms. The van der Waals surface area contributed by atoms with E-state index in [1.807, 2.05) is 25.1 Å². The Labute approximate surface area is 144 Å². The maximum absolute atomic E-state index is 12.0. The second kappa shape index (κ2) is 9.58. The summed E-state index contributed by atoms with van der Waals surface area (Å²) in [4.78, 5) is 8.63. The van der Waals surface area contributed by atoms with Crippen molar-refractivity contribution >= 4 is 16.0 Å². The van der Waals surface area contributed by atoms with Crippen molar-refractivity contribution in [1.82, 2.24) is 20.3 Å². The van der Waals surface area contributed by atoms with Crippen LogP contribution in [0.15, 0.2) is 29.4 Å². The number of hydrogen-bond donors (Lipinski definition) is 3. The summed E-state index contributed by atoms with van der Waals surface area (Å²) in [6, 6.07) is 5.68. The fraction of sp³-hybridized carbons (Fsp3) is 0.625. The molecule has 0 aliphatic heterocycles. The predicted octanol–water partition coefficient (Wildman–Crippen LogP) is 0.856. The summed E-state index contributed by atoms with van der Waals surface area (Å²) in [5.41, 5.74) is 0.865. The zero-order chi connectivity index (χ0) is 17.3.